The van der Waals surface area contributed by atoms with Crippen LogP contribution in [-0.4, -0.2) is 14.1 Å². The Morgan fingerprint density at radius 2 is 1.28 bits per heavy atom. The molecule has 0 spiro atoms. The number of pyridine rings is 1. The third-order valence-electron chi connectivity index (χ3n) is 9.94. The maximum absolute atomic E-state index is 8.69. The summed E-state index contributed by atoms with van der Waals surface area (Å²) in [5.74, 6) is 0.861. The minimum absolute atomic E-state index is 0. The number of para-hydroxylation sites is 3. The van der Waals surface area contributed by atoms with Gasteiger partial charge in [-0.05, 0) is 62.5 Å². The summed E-state index contributed by atoms with van der Waals surface area (Å²) in [6.45, 7) is 4.13. The van der Waals surface area contributed by atoms with E-state index in [9.17, 15) is 0 Å². The minimum atomic E-state index is -2.52. The van der Waals surface area contributed by atoms with Crippen molar-refractivity contribution in [3.8, 4) is 11.5 Å². The summed E-state index contributed by atoms with van der Waals surface area (Å²) >= 11 is 0. The normalized spacial score (nSPS) is 12.8. The molecule has 6 aromatic carbocycles. The second-order valence-electron chi connectivity index (χ2n) is 14.3. The summed E-state index contributed by atoms with van der Waals surface area (Å²) < 4.78 is 31.4. The molecule has 0 aliphatic rings. The summed E-state index contributed by atoms with van der Waals surface area (Å²) in [4.78, 5) is 4.84. The largest absolute Gasteiger partial charge is 0.337 e. The van der Waals surface area contributed by atoms with Gasteiger partial charge in [-0.15, -0.1) is 5.39 Å². The van der Waals surface area contributed by atoms with E-state index in [2.05, 4.69) is 117 Å². The summed E-state index contributed by atoms with van der Waals surface area (Å²) in [5.41, 5.74) is 7.19. The van der Waals surface area contributed by atoms with E-state index in [-0.39, 0.29) is 26.5 Å². The molecule has 0 amide bonds. The van der Waals surface area contributed by atoms with E-state index in [1.165, 1.54) is 10.1 Å². The number of benzene rings is 6. The molecule has 3 heterocycles. The Balaban J connectivity index is 0.00000441. The Kier molecular flexibility index (Phi) is 8.05. The van der Waals surface area contributed by atoms with Crippen LogP contribution in [-0.2, 0) is 39.9 Å². The van der Waals surface area contributed by atoms with Crippen LogP contribution in [0.2, 0.25) is 0 Å². The van der Waals surface area contributed by atoms with Crippen LogP contribution < -0.4 is 4.57 Å². The minimum Gasteiger partial charge on any atom is -0.337 e. The smallest absolute Gasteiger partial charge is 0.243 e. The third-order valence-corrected chi connectivity index (χ3v) is 9.94. The molecule has 53 heavy (non-hydrogen) atoms. The zero-order valence-corrected chi connectivity index (χ0v) is 31.9. The van der Waals surface area contributed by atoms with E-state index in [0.717, 1.165) is 65.8 Å². The summed E-state index contributed by atoms with van der Waals surface area (Å²) in [5, 5.41) is 5.99. The van der Waals surface area contributed by atoms with Crippen molar-refractivity contribution < 1.29 is 29.7 Å². The van der Waals surface area contributed by atoms with Crippen molar-refractivity contribution in [1.82, 2.24) is 14.1 Å². The van der Waals surface area contributed by atoms with E-state index in [1.807, 2.05) is 77.5 Å². The number of hydrogen-bond acceptors (Lipinski definition) is 1. The van der Waals surface area contributed by atoms with Crippen LogP contribution in [0.15, 0.2) is 146 Å². The SMILES string of the molecule is [2H]C([2H])([2H])[n+]1[c-]n(-c2[c-]c(Cc3[c-]c4c(cc3)c3ccccc3n4-c3cc(C(C)(C)C)ccn3)ccc2)c2ccccc2c2ccccc2c2ccccc21.[Pt]. The molecule has 3 aromatic heterocycles. The monoisotopic (exact) mass is 868 g/mol. The number of hydrogen-bond donors (Lipinski definition) is 0. The fourth-order valence-corrected chi connectivity index (χ4v) is 7.36. The average molecular weight is 869 g/mol. The quantitative estimate of drug-likeness (QED) is 0.128. The van der Waals surface area contributed by atoms with Crippen molar-refractivity contribution in [3.63, 3.8) is 0 Å². The van der Waals surface area contributed by atoms with Crippen LogP contribution in [0, 0.1) is 18.5 Å². The maximum atomic E-state index is 8.69. The first-order valence-electron chi connectivity index (χ1n) is 19.1. The standard InChI is InChI=1S/C48H38N4.Pt/c1-48(2,3)35-26-27-49-47(31-35)52-45-23-12-9-20-41(45)42-25-24-34(30-46(42)52)28-33-14-13-15-36(29-33)51-32-50(4)43-21-10-7-18-39(43)37-16-5-6-17-38(37)40-19-8-11-22-44(40)51;/h5-27,31H,28H2,1-4H3;/q-2;/i4D3;. The maximum Gasteiger partial charge on any atom is 0.243 e. The molecular weight excluding hydrogens is 828 g/mol. The summed E-state index contributed by atoms with van der Waals surface area (Å²) in [6.07, 6.45) is 5.78. The first-order chi connectivity index (χ1) is 26.5. The fourth-order valence-electron chi connectivity index (χ4n) is 7.36. The van der Waals surface area contributed by atoms with Crippen molar-refractivity contribution in [2.45, 2.75) is 32.6 Å². The van der Waals surface area contributed by atoms with Crippen molar-refractivity contribution >= 4 is 54.4 Å². The molecule has 9 rings (SSSR count). The second-order valence-corrected chi connectivity index (χ2v) is 14.3. The van der Waals surface area contributed by atoms with Gasteiger partial charge in [-0.1, -0.05) is 123 Å². The van der Waals surface area contributed by atoms with Gasteiger partial charge in [0.1, 0.15) is 5.82 Å². The first kappa shape index (κ1) is 31.0. The van der Waals surface area contributed by atoms with E-state index in [4.69, 9.17) is 9.10 Å². The number of aryl methyl sites for hydroxylation is 1. The number of rotatable bonds is 4. The molecule has 5 heteroatoms. The molecule has 0 atom stereocenters. The Bertz CT molecular complexity index is 3010. The predicted molar refractivity (Wildman–Crippen MR) is 214 cm³/mol. The number of aromatic nitrogens is 4. The van der Waals surface area contributed by atoms with Crippen LogP contribution in [0.4, 0.5) is 0 Å². The molecule has 0 saturated heterocycles. The van der Waals surface area contributed by atoms with E-state index in [0.29, 0.717) is 17.6 Å². The van der Waals surface area contributed by atoms with Crippen LogP contribution >= 0.6 is 0 Å². The molecule has 262 valence electrons. The van der Waals surface area contributed by atoms with Crippen molar-refractivity contribution in [1.29, 1.82) is 0 Å². The van der Waals surface area contributed by atoms with Gasteiger partial charge in [-0.2, -0.15) is 53.6 Å². The Labute approximate surface area is 328 Å². The van der Waals surface area contributed by atoms with Crippen molar-refractivity contribution in [2.75, 3.05) is 0 Å². The van der Waals surface area contributed by atoms with E-state index >= 15 is 0 Å². The van der Waals surface area contributed by atoms with Crippen LogP contribution in [0.5, 0.6) is 0 Å². The molecule has 0 fully saturated rings. The predicted octanol–water partition coefficient (Wildman–Crippen LogP) is 10.7. The zero-order valence-electron chi connectivity index (χ0n) is 32.7. The van der Waals surface area contributed by atoms with Gasteiger partial charge in [0, 0.05) is 32.8 Å². The molecule has 0 radical (unpaired) electrons. The van der Waals surface area contributed by atoms with Crippen molar-refractivity contribution in [3.05, 3.63) is 181 Å². The van der Waals surface area contributed by atoms with Crippen LogP contribution in [0.3, 0.4) is 0 Å². The Hall–Kier alpha value is -5.57. The van der Waals surface area contributed by atoms with E-state index in [1.54, 1.807) is 0 Å². The van der Waals surface area contributed by atoms with Crippen molar-refractivity contribution in [2.24, 2.45) is 6.98 Å². The van der Waals surface area contributed by atoms with Gasteiger partial charge in [0.15, 0.2) is 0 Å². The molecule has 0 N–H and O–H groups in total. The molecule has 0 bridgehead atoms. The van der Waals surface area contributed by atoms with Gasteiger partial charge in [0.05, 0.1) is 22.1 Å². The summed E-state index contributed by atoms with van der Waals surface area (Å²) in [6, 6.07) is 54.3. The van der Waals surface area contributed by atoms with Gasteiger partial charge in [0.2, 0.25) is 6.33 Å². The third kappa shape index (κ3) is 6.22. The van der Waals surface area contributed by atoms with Gasteiger partial charge in [-0.3, -0.25) is 0 Å². The van der Waals surface area contributed by atoms with Gasteiger partial charge >= 0.3 is 0 Å². The van der Waals surface area contributed by atoms with E-state index < -0.39 is 6.98 Å². The van der Waals surface area contributed by atoms with Crippen LogP contribution in [0.25, 0.3) is 65.9 Å². The van der Waals surface area contributed by atoms with Gasteiger partial charge in [0.25, 0.3) is 0 Å². The van der Waals surface area contributed by atoms with Crippen LogP contribution in [0.1, 0.15) is 41.6 Å². The Morgan fingerprint density at radius 1 is 0.642 bits per heavy atom. The van der Waals surface area contributed by atoms with Gasteiger partial charge in [-0.25, -0.2) is 4.98 Å². The number of nitrogens with zero attached hydrogens (tertiary/aromatic N) is 4. The molecule has 0 aliphatic carbocycles. The molecule has 4 nitrogen and oxygen atoms in total. The molecule has 0 aliphatic heterocycles. The van der Waals surface area contributed by atoms with Gasteiger partial charge < -0.3 is 13.7 Å². The summed E-state index contributed by atoms with van der Waals surface area (Å²) in [7, 11) is 0. The molecule has 9 aromatic rings. The molecule has 0 unspecified atom stereocenters. The zero-order chi connectivity index (χ0) is 37.9. The first-order valence-corrected chi connectivity index (χ1v) is 17.6. The number of fused-ring (bicyclic) bond motifs is 8. The second kappa shape index (κ2) is 13.8. The molecular formula is C48H38N4Pt-2. The average Bonchev–Trinajstić information content (AvgIpc) is 3.53. The molecule has 0 saturated carbocycles. The Morgan fingerprint density at radius 3 is 2.04 bits per heavy atom. The topological polar surface area (TPSA) is 26.6 Å². The fraction of sp³-hybridized carbons (Fsp3) is 0.125.